The van der Waals surface area contributed by atoms with Gasteiger partial charge in [-0.15, -0.1) is 0 Å². The van der Waals surface area contributed by atoms with Crippen LogP contribution >= 0.6 is 0 Å². The van der Waals surface area contributed by atoms with Gasteiger partial charge in [0.2, 0.25) is 0 Å². The zero-order valence-electron chi connectivity index (χ0n) is 10.8. The molecular formula is C13H15FN4O. The second-order valence-electron chi connectivity index (χ2n) is 3.74. The van der Waals surface area contributed by atoms with Crippen LogP contribution in [0.4, 0.5) is 21.7 Å². The minimum Gasteiger partial charge on any atom is -0.491 e. The van der Waals surface area contributed by atoms with Gasteiger partial charge in [0.1, 0.15) is 18.0 Å². The summed E-state index contributed by atoms with van der Waals surface area (Å²) in [7, 11) is 1.77. The number of nitrogens with one attached hydrogen (secondary N) is 2. The fourth-order valence-corrected chi connectivity index (χ4v) is 1.56. The molecule has 2 aromatic rings. The van der Waals surface area contributed by atoms with Crippen molar-refractivity contribution in [1.29, 1.82) is 0 Å². The molecule has 0 fully saturated rings. The molecular weight excluding hydrogens is 247 g/mol. The predicted molar refractivity (Wildman–Crippen MR) is 72.4 cm³/mol. The third kappa shape index (κ3) is 3.31. The highest BCUT2D eigenvalue weighted by atomic mass is 19.1. The summed E-state index contributed by atoms with van der Waals surface area (Å²) in [5, 5.41) is 5.91. The molecule has 6 heteroatoms. The molecule has 2 rings (SSSR count). The third-order valence-electron chi connectivity index (χ3n) is 2.43. The fraction of sp³-hybridized carbons (Fsp3) is 0.231. The Bertz CT molecular complexity index is 562. The first-order chi connectivity index (χ1) is 9.22. The van der Waals surface area contributed by atoms with Gasteiger partial charge in [-0.3, -0.25) is 0 Å². The minimum absolute atomic E-state index is 0.242. The van der Waals surface area contributed by atoms with Gasteiger partial charge >= 0.3 is 0 Å². The van der Waals surface area contributed by atoms with Crippen molar-refractivity contribution in [3.05, 3.63) is 36.4 Å². The normalized spacial score (nSPS) is 10.1. The molecule has 1 heterocycles. The Morgan fingerprint density at radius 1 is 1.21 bits per heavy atom. The Hall–Kier alpha value is -2.37. The van der Waals surface area contributed by atoms with Crippen LogP contribution < -0.4 is 15.4 Å². The Balaban J connectivity index is 2.16. The maximum Gasteiger partial charge on any atom is 0.167 e. The van der Waals surface area contributed by atoms with Crippen LogP contribution in [-0.4, -0.2) is 23.6 Å². The summed E-state index contributed by atoms with van der Waals surface area (Å²) < 4.78 is 18.8. The van der Waals surface area contributed by atoms with Crippen molar-refractivity contribution in [2.75, 3.05) is 24.3 Å². The van der Waals surface area contributed by atoms with Gasteiger partial charge in [-0.1, -0.05) is 0 Å². The lowest BCUT2D eigenvalue weighted by Crippen LogP contribution is -1.99. The fourth-order valence-electron chi connectivity index (χ4n) is 1.56. The van der Waals surface area contributed by atoms with Crippen molar-refractivity contribution in [3.8, 4) is 5.75 Å². The van der Waals surface area contributed by atoms with Gasteiger partial charge in [0, 0.05) is 24.9 Å². The number of benzene rings is 1. The van der Waals surface area contributed by atoms with Crippen molar-refractivity contribution >= 4 is 17.3 Å². The molecule has 0 saturated heterocycles. The van der Waals surface area contributed by atoms with E-state index in [1.165, 1.54) is 12.4 Å². The number of hydrogen-bond acceptors (Lipinski definition) is 5. The average Bonchev–Trinajstić information content (AvgIpc) is 2.42. The predicted octanol–water partition coefficient (Wildman–Crippen LogP) is 2.80. The zero-order valence-corrected chi connectivity index (χ0v) is 10.8. The molecule has 5 nitrogen and oxygen atoms in total. The molecule has 0 aliphatic rings. The Kier molecular flexibility index (Phi) is 4.12. The first kappa shape index (κ1) is 13.1. The maximum absolute atomic E-state index is 13.7. The van der Waals surface area contributed by atoms with Gasteiger partial charge in [0.05, 0.1) is 6.61 Å². The van der Waals surface area contributed by atoms with Crippen LogP contribution in [0, 0.1) is 5.82 Å². The highest BCUT2D eigenvalue weighted by Crippen LogP contribution is 2.23. The van der Waals surface area contributed by atoms with E-state index in [2.05, 4.69) is 20.6 Å². The van der Waals surface area contributed by atoms with Crippen LogP contribution in [-0.2, 0) is 0 Å². The van der Waals surface area contributed by atoms with Crippen molar-refractivity contribution in [1.82, 2.24) is 9.97 Å². The van der Waals surface area contributed by atoms with E-state index >= 15 is 0 Å². The second-order valence-corrected chi connectivity index (χ2v) is 3.74. The Morgan fingerprint density at radius 3 is 2.68 bits per heavy atom. The monoisotopic (exact) mass is 262 g/mol. The van der Waals surface area contributed by atoms with E-state index in [0.29, 0.717) is 23.9 Å². The summed E-state index contributed by atoms with van der Waals surface area (Å²) in [4.78, 5) is 8.05. The van der Waals surface area contributed by atoms with Crippen molar-refractivity contribution in [2.24, 2.45) is 0 Å². The lowest BCUT2D eigenvalue weighted by Gasteiger charge is -2.09. The molecule has 100 valence electrons. The summed E-state index contributed by atoms with van der Waals surface area (Å²) >= 11 is 0. The van der Waals surface area contributed by atoms with Crippen molar-refractivity contribution < 1.29 is 9.13 Å². The van der Waals surface area contributed by atoms with E-state index in [-0.39, 0.29) is 5.75 Å². The quantitative estimate of drug-likeness (QED) is 0.867. The highest BCUT2D eigenvalue weighted by molar-refractivity contribution is 5.59. The topological polar surface area (TPSA) is 59.1 Å². The molecule has 0 aliphatic carbocycles. The second kappa shape index (κ2) is 5.99. The number of rotatable bonds is 5. The van der Waals surface area contributed by atoms with Gasteiger partial charge in [-0.2, -0.15) is 0 Å². The maximum atomic E-state index is 13.7. The van der Waals surface area contributed by atoms with Crippen LogP contribution in [0.25, 0.3) is 0 Å². The van der Waals surface area contributed by atoms with E-state index in [0.717, 1.165) is 0 Å². The molecule has 2 N–H and O–H groups in total. The van der Waals surface area contributed by atoms with Gasteiger partial charge in [0.15, 0.2) is 11.6 Å². The van der Waals surface area contributed by atoms with Crippen LogP contribution in [0.1, 0.15) is 6.92 Å². The molecule has 0 unspecified atom stereocenters. The number of nitrogens with zero attached hydrogens (tertiary/aromatic N) is 2. The lowest BCUT2D eigenvalue weighted by molar-refractivity contribution is 0.321. The van der Waals surface area contributed by atoms with E-state index in [4.69, 9.17) is 4.74 Å². The van der Waals surface area contributed by atoms with Gasteiger partial charge in [-0.05, 0) is 19.1 Å². The molecule has 1 aromatic heterocycles. The summed E-state index contributed by atoms with van der Waals surface area (Å²) in [6.45, 7) is 2.24. The number of anilines is 3. The van der Waals surface area contributed by atoms with Gasteiger partial charge in [-0.25, -0.2) is 14.4 Å². The molecule has 1 aromatic carbocycles. The lowest BCUT2D eigenvalue weighted by atomic mass is 10.3. The number of hydrogen-bond donors (Lipinski definition) is 2. The molecule has 0 bridgehead atoms. The van der Waals surface area contributed by atoms with Crippen LogP contribution in [0.15, 0.2) is 30.6 Å². The molecule has 19 heavy (non-hydrogen) atoms. The first-order valence-electron chi connectivity index (χ1n) is 5.92. The highest BCUT2D eigenvalue weighted by Gasteiger charge is 2.05. The number of aromatic nitrogens is 2. The molecule has 0 spiro atoms. The van der Waals surface area contributed by atoms with Crippen molar-refractivity contribution in [2.45, 2.75) is 6.92 Å². The Morgan fingerprint density at radius 2 is 2.00 bits per heavy atom. The summed E-state index contributed by atoms with van der Waals surface area (Å²) in [6, 6.07) is 6.41. The largest absolute Gasteiger partial charge is 0.491 e. The molecule has 0 atom stereocenters. The summed E-state index contributed by atoms with van der Waals surface area (Å²) in [5.74, 6) is 1.10. The van der Waals surface area contributed by atoms with E-state index in [1.807, 2.05) is 6.92 Å². The van der Waals surface area contributed by atoms with E-state index in [9.17, 15) is 4.39 Å². The van der Waals surface area contributed by atoms with Gasteiger partial charge in [0.25, 0.3) is 0 Å². The smallest absolute Gasteiger partial charge is 0.167 e. The van der Waals surface area contributed by atoms with E-state index < -0.39 is 5.82 Å². The van der Waals surface area contributed by atoms with Gasteiger partial charge < -0.3 is 15.4 Å². The summed E-state index contributed by atoms with van der Waals surface area (Å²) in [5.41, 5.74) is 0.599. The minimum atomic E-state index is -0.408. The molecule has 0 saturated carbocycles. The van der Waals surface area contributed by atoms with Crippen LogP contribution in [0.3, 0.4) is 0 Å². The average molecular weight is 262 g/mol. The standard InChI is InChI=1S/C13H15FN4O/c1-3-19-11-5-4-9(6-10(11)14)18-13-7-12(15-2)16-8-17-13/h4-8H,3H2,1-2H3,(H2,15,16,17,18). The zero-order chi connectivity index (χ0) is 13.7. The first-order valence-corrected chi connectivity index (χ1v) is 5.92. The van der Waals surface area contributed by atoms with E-state index in [1.54, 1.807) is 25.2 Å². The summed E-state index contributed by atoms with van der Waals surface area (Å²) in [6.07, 6.45) is 1.43. The third-order valence-corrected chi connectivity index (χ3v) is 2.43. The van der Waals surface area contributed by atoms with Crippen LogP contribution in [0.2, 0.25) is 0 Å². The number of ether oxygens (including phenoxy) is 1. The molecule has 0 amide bonds. The SMILES string of the molecule is CCOc1ccc(Nc2cc(NC)ncn2)cc1F. The van der Waals surface area contributed by atoms with Crippen molar-refractivity contribution in [3.63, 3.8) is 0 Å². The molecule has 0 aliphatic heterocycles. The number of halogens is 1. The Labute approximate surface area is 110 Å². The molecule has 0 radical (unpaired) electrons. The van der Waals surface area contributed by atoms with Crippen LogP contribution in [0.5, 0.6) is 5.75 Å².